The normalized spacial score (nSPS) is 13.4. The lowest BCUT2D eigenvalue weighted by atomic mass is 9.87. The average molecular weight is 252 g/mol. The Hall–Kier alpha value is -1.76. The van der Waals surface area contributed by atoms with Gasteiger partial charge in [-0.25, -0.2) is 0 Å². The molecule has 0 aromatic heterocycles. The van der Waals surface area contributed by atoms with Crippen LogP contribution in [0.4, 0.5) is 0 Å². The lowest BCUT2D eigenvalue weighted by Crippen LogP contribution is -2.10. The number of para-hydroxylation sites is 1. The van der Waals surface area contributed by atoms with Gasteiger partial charge in [0.15, 0.2) is 0 Å². The van der Waals surface area contributed by atoms with E-state index in [1.165, 1.54) is 16.7 Å². The summed E-state index contributed by atoms with van der Waals surface area (Å²) in [4.78, 5) is 0. The zero-order chi connectivity index (χ0) is 13.5. The molecule has 0 bridgehead atoms. The zero-order valence-corrected chi connectivity index (χ0v) is 11.9. The van der Waals surface area contributed by atoms with E-state index in [4.69, 9.17) is 4.74 Å². The molecule has 0 saturated carbocycles. The third-order valence-electron chi connectivity index (χ3n) is 3.44. The fraction of sp³-hybridized carbons (Fsp3) is 0.333. The predicted octanol–water partition coefficient (Wildman–Crippen LogP) is 4.97. The second-order valence-corrected chi connectivity index (χ2v) is 6.57. The van der Waals surface area contributed by atoms with E-state index in [2.05, 4.69) is 57.2 Å². The van der Waals surface area contributed by atoms with Crippen molar-refractivity contribution in [1.29, 1.82) is 0 Å². The molecule has 0 saturated heterocycles. The summed E-state index contributed by atoms with van der Waals surface area (Å²) >= 11 is 0. The molecule has 0 fully saturated rings. The van der Waals surface area contributed by atoms with Crippen LogP contribution in [-0.4, -0.2) is 0 Å². The second kappa shape index (κ2) is 4.41. The molecule has 3 rings (SSSR count). The van der Waals surface area contributed by atoms with Gasteiger partial charge in [0.05, 0.1) is 0 Å². The van der Waals surface area contributed by atoms with Crippen molar-refractivity contribution in [2.45, 2.75) is 33.6 Å². The molecule has 1 aliphatic heterocycles. The predicted molar refractivity (Wildman–Crippen MR) is 78.9 cm³/mol. The monoisotopic (exact) mass is 252 g/mol. The molecule has 19 heavy (non-hydrogen) atoms. The maximum absolute atomic E-state index is 6.03. The first-order valence-electron chi connectivity index (χ1n) is 6.89. The summed E-state index contributed by atoms with van der Waals surface area (Å²) in [6.45, 7) is 6.80. The highest BCUT2D eigenvalue weighted by atomic mass is 16.5. The molecule has 1 nitrogen and oxygen atoms in total. The first-order valence-corrected chi connectivity index (χ1v) is 6.89. The number of hydrogen-bond donors (Lipinski definition) is 0. The van der Waals surface area contributed by atoms with Crippen LogP contribution in [0.2, 0.25) is 0 Å². The first kappa shape index (κ1) is 12.3. The third-order valence-corrected chi connectivity index (χ3v) is 3.44. The maximum Gasteiger partial charge on any atom is 0.131 e. The number of fused-ring (bicyclic) bond motifs is 2. The van der Waals surface area contributed by atoms with Crippen molar-refractivity contribution in [2.24, 2.45) is 5.41 Å². The molecular weight excluding hydrogens is 232 g/mol. The highest BCUT2D eigenvalue weighted by Gasteiger charge is 2.18. The van der Waals surface area contributed by atoms with Gasteiger partial charge in [-0.3, -0.25) is 0 Å². The molecule has 0 unspecified atom stereocenters. The average Bonchev–Trinajstić information content (AvgIpc) is 2.34. The van der Waals surface area contributed by atoms with Crippen molar-refractivity contribution < 1.29 is 4.74 Å². The van der Waals surface area contributed by atoms with E-state index < -0.39 is 0 Å². The van der Waals surface area contributed by atoms with E-state index >= 15 is 0 Å². The molecule has 0 atom stereocenters. The molecule has 2 aromatic rings. The Morgan fingerprint density at radius 1 is 0.947 bits per heavy atom. The van der Waals surface area contributed by atoms with E-state index in [0.717, 1.165) is 24.3 Å². The molecule has 0 N–H and O–H groups in total. The van der Waals surface area contributed by atoms with Crippen LogP contribution in [0.1, 0.15) is 37.5 Å². The number of ether oxygens (including phenoxy) is 1. The van der Waals surface area contributed by atoms with Crippen LogP contribution in [0.5, 0.6) is 11.5 Å². The van der Waals surface area contributed by atoms with Crippen LogP contribution in [0.25, 0.3) is 0 Å². The Morgan fingerprint density at radius 3 is 2.47 bits per heavy atom. The Morgan fingerprint density at radius 2 is 1.68 bits per heavy atom. The highest BCUT2D eigenvalue weighted by Crippen LogP contribution is 2.37. The summed E-state index contributed by atoms with van der Waals surface area (Å²) in [7, 11) is 0. The van der Waals surface area contributed by atoms with Gasteiger partial charge in [0, 0.05) is 6.42 Å². The van der Waals surface area contributed by atoms with Gasteiger partial charge in [-0.2, -0.15) is 0 Å². The van der Waals surface area contributed by atoms with Gasteiger partial charge in [0.25, 0.3) is 0 Å². The van der Waals surface area contributed by atoms with Gasteiger partial charge < -0.3 is 4.74 Å². The Balaban J connectivity index is 1.92. The summed E-state index contributed by atoms with van der Waals surface area (Å²) in [6.07, 6.45) is 2.05. The van der Waals surface area contributed by atoms with Crippen molar-refractivity contribution in [1.82, 2.24) is 0 Å². The van der Waals surface area contributed by atoms with Crippen LogP contribution < -0.4 is 4.74 Å². The Kier molecular flexibility index (Phi) is 2.85. The van der Waals surface area contributed by atoms with E-state index in [-0.39, 0.29) is 0 Å². The van der Waals surface area contributed by atoms with Crippen molar-refractivity contribution in [3.05, 3.63) is 59.2 Å². The molecule has 1 heteroatoms. The van der Waals surface area contributed by atoms with E-state index in [1.807, 2.05) is 6.07 Å². The maximum atomic E-state index is 6.03. The molecule has 1 aliphatic rings. The minimum absolute atomic E-state index is 0.306. The van der Waals surface area contributed by atoms with E-state index in [9.17, 15) is 0 Å². The largest absolute Gasteiger partial charge is 0.457 e. The molecule has 0 amide bonds. The van der Waals surface area contributed by atoms with Gasteiger partial charge in [0.1, 0.15) is 11.5 Å². The van der Waals surface area contributed by atoms with E-state index in [1.54, 1.807) is 0 Å². The topological polar surface area (TPSA) is 9.23 Å². The van der Waals surface area contributed by atoms with Gasteiger partial charge >= 0.3 is 0 Å². The molecule has 1 heterocycles. The Bertz CT molecular complexity index is 605. The molecule has 0 aliphatic carbocycles. The quantitative estimate of drug-likeness (QED) is 0.594. The SMILES string of the molecule is CC(C)(C)Cc1ccc2c(c1)Oc1ccccc1C2. The highest BCUT2D eigenvalue weighted by molar-refractivity contribution is 5.50. The van der Waals surface area contributed by atoms with Gasteiger partial charge in [-0.1, -0.05) is 51.1 Å². The first-order chi connectivity index (χ1) is 9.01. The molecule has 0 spiro atoms. The minimum Gasteiger partial charge on any atom is -0.457 e. The van der Waals surface area contributed by atoms with Crippen LogP contribution in [0.3, 0.4) is 0 Å². The van der Waals surface area contributed by atoms with Gasteiger partial charge in [-0.15, -0.1) is 0 Å². The third kappa shape index (κ3) is 2.65. The molecule has 2 aromatic carbocycles. The smallest absolute Gasteiger partial charge is 0.131 e. The second-order valence-electron chi connectivity index (χ2n) is 6.57. The summed E-state index contributed by atoms with van der Waals surface area (Å²) in [5, 5.41) is 0. The van der Waals surface area contributed by atoms with Crippen molar-refractivity contribution in [3.63, 3.8) is 0 Å². The summed E-state index contributed by atoms with van der Waals surface area (Å²) in [5.74, 6) is 2.03. The van der Waals surface area contributed by atoms with Crippen LogP contribution in [0.15, 0.2) is 42.5 Å². The number of benzene rings is 2. The minimum atomic E-state index is 0.306. The van der Waals surface area contributed by atoms with E-state index in [0.29, 0.717) is 5.41 Å². The molecular formula is C18H20O. The number of rotatable bonds is 1. The van der Waals surface area contributed by atoms with Gasteiger partial charge in [-0.05, 0) is 40.7 Å². The fourth-order valence-electron chi connectivity index (χ4n) is 2.64. The van der Waals surface area contributed by atoms with Crippen LogP contribution in [-0.2, 0) is 12.8 Å². The van der Waals surface area contributed by atoms with Crippen LogP contribution >= 0.6 is 0 Å². The van der Waals surface area contributed by atoms with Gasteiger partial charge in [0.2, 0.25) is 0 Å². The standard InChI is InChI=1S/C18H20O/c1-18(2,3)12-13-8-9-15-11-14-6-4-5-7-16(14)19-17(15)10-13/h4-10H,11-12H2,1-3H3. The number of hydrogen-bond acceptors (Lipinski definition) is 1. The lowest BCUT2D eigenvalue weighted by Gasteiger charge is -2.23. The Labute approximate surface area is 115 Å². The van der Waals surface area contributed by atoms with Crippen molar-refractivity contribution >= 4 is 0 Å². The van der Waals surface area contributed by atoms with Crippen molar-refractivity contribution in [3.8, 4) is 11.5 Å². The summed E-state index contributed by atoms with van der Waals surface area (Å²) < 4.78 is 6.03. The van der Waals surface area contributed by atoms with Crippen LogP contribution in [0, 0.1) is 5.41 Å². The summed E-state index contributed by atoms with van der Waals surface area (Å²) in [6, 6.07) is 14.9. The van der Waals surface area contributed by atoms with Crippen molar-refractivity contribution in [2.75, 3.05) is 0 Å². The summed E-state index contributed by atoms with van der Waals surface area (Å²) in [5.41, 5.74) is 4.22. The fourth-order valence-corrected chi connectivity index (χ4v) is 2.64. The molecule has 0 radical (unpaired) electrons. The zero-order valence-electron chi connectivity index (χ0n) is 11.9. The lowest BCUT2D eigenvalue weighted by molar-refractivity contribution is 0.408. The molecule has 98 valence electrons.